The quantitative estimate of drug-likeness (QED) is 0.905. The SMILES string of the molecule is N#CCOc1ccc(NC2CCCS(=O)(=O)C2)cc1. The van der Waals surface area contributed by atoms with Crippen LogP contribution < -0.4 is 10.1 Å². The van der Waals surface area contributed by atoms with Crippen LogP contribution >= 0.6 is 0 Å². The Labute approximate surface area is 113 Å². The topological polar surface area (TPSA) is 79.2 Å². The smallest absolute Gasteiger partial charge is 0.174 e. The zero-order valence-electron chi connectivity index (χ0n) is 10.5. The number of hydrogen-bond acceptors (Lipinski definition) is 5. The molecular weight excluding hydrogens is 264 g/mol. The molecule has 6 heteroatoms. The van der Waals surface area contributed by atoms with Gasteiger partial charge in [-0.25, -0.2) is 8.42 Å². The largest absolute Gasteiger partial charge is 0.479 e. The summed E-state index contributed by atoms with van der Waals surface area (Å²) >= 11 is 0. The molecule has 102 valence electrons. The third-order valence-electron chi connectivity index (χ3n) is 2.99. The predicted octanol–water partition coefficient (Wildman–Crippen LogP) is 1.58. The van der Waals surface area contributed by atoms with E-state index >= 15 is 0 Å². The lowest BCUT2D eigenvalue weighted by Crippen LogP contribution is -2.34. The first-order valence-corrected chi connectivity index (χ1v) is 7.98. The second-order valence-corrected chi connectivity index (χ2v) is 6.80. The molecule has 0 saturated carbocycles. The Hall–Kier alpha value is -1.74. The minimum absolute atomic E-state index is 0.0215. The number of sulfone groups is 1. The summed E-state index contributed by atoms with van der Waals surface area (Å²) in [6, 6.07) is 9.05. The predicted molar refractivity (Wildman–Crippen MR) is 72.8 cm³/mol. The van der Waals surface area contributed by atoms with E-state index in [1.807, 2.05) is 18.2 Å². The molecule has 5 nitrogen and oxygen atoms in total. The van der Waals surface area contributed by atoms with Crippen LogP contribution in [-0.4, -0.2) is 32.6 Å². The lowest BCUT2D eigenvalue weighted by Gasteiger charge is -2.24. The van der Waals surface area contributed by atoms with Crippen molar-refractivity contribution in [3.63, 3.8) is 0 Å². The Morgan fingerprint density at radius 3 is 2.74 bits per heavy atom. The first-order chi connectivity index (χ1) is 9.09. The van der Waals surface area contributed by atoms with Gasteiger partial charge in [0.05, 0.1) is 11.5 Å². The average Bonchev–Trinajstić information content (AvgIpc) is 2.37. The molecule has 19 heavy (non-hydrogen) atoms. The maximum atomic E-state index is 11.5. The molecule has 1 aliphatic heterocycles. The highest BCUT2D eigenvalue weighted by Gasteiger charge is 2.24. The van der Waals surface area contributed by atoms with Gasteiger partial charge in [0.15, 0.2) is 16.4 Å². The Balaban J connectivity index is 1.94. The fraction of sp³-hybridized carbons (Fsp3) is 0.462. The van der Waals surface area contributed by atoms with Gasteiger partial charge < -0.3 is 10.1 Å². The Bertz CT molecular complexity index is 561. The molecule has 0 bridgehead atoms. The summed E-state index contributed by atoms with van der Waals surface area (Å²) in [5.41, 5.74) is 0.867. The number of hydrogen-bond donors (Lipinski definition) is 1. The minimum atomic E-state index is -2.90. The minimum Gasteiger partial charge on any atom is -0.479 e. The Morgan fingerprint density at radius 2 is 2.11 bits per heavy atom. The summed E-state index contributed by atoms with van der Waals surface area (Å²) < 4.78 is 28.2. The molecule has 0 aliphatic carbocycles. The maximum absolute atomic E-state index is 11.5. The molecule has 1 aliphatic rings. The van der Waals surface area contributed by atoms with Crippen LogP contribution in [0, 0.1) is 11.3 Å². The monoisotopic (exact) mass is 280 g/mol. The van der Waals surface area contributed by atoms with Gasteiger partial charge in [0.25, 0.3) is 0 Å². The van der Waals surface area contributed by atoms with E-state index in [0.29, 0.717) is 17.9 Å². The molecule has 0 aromatic heterocycles. The fourth-order valence-electron chi connectivity index (χ4n) is 2.14. The van der Waals surface area contributed by atoms with E-state index in [0.717, 1.165) is 12.1 Å². The van der Waals surface area contributed by atoms with Crippen LogP contribution in [0.25, 0.3) is 0 Å². The standard InChI is InChI=1S/C13H16N2O3S/c14-7-8-18-13-5-3-11(4-6-13)15-12-2-1-9-19(16,17)10-12/h3-6,12,15H,1-2,8-10H2. The van der Waals surface area contributed by atoms with Crippen LogP contribution in [-0.2, 0) is 9.84 Å². The lowest BCUT2D eigenvalue weighted by atomic mass is 10.1. The first kappa shape index (κ1) is 13.7. The normalized spacial score (nSPS) is 21.3. The molecule has 1 N–H and O–H groups in total. The average molecular weight is 280 g/mol. The van der Waals surface area contributed by atoms with Crippen molar-refractivity contribution in [2.45, 2.75) is 18.9 Å². The number of anilines is 1. The Morgan fingerprint density at radius 1 is 1.37 bits per heavy atom. The van der Waals surface area contributed by atoms with Gasteiger partial charge in [-0.1, -0.05) is 0 Å². The number of ether oxygens (including phenoxy) is 1. The van der Waals surface area contributed by atoms with E-state index in [4.69, 9.17) is 10.00 Å². The van der Waals surface area contributed by atoms with Gasteiger partial charge in [0, 0.05) is 11.7 Å². The highest BCUT2D eigenvalue weighted by Crippen LogP contribution is 2.20. The highest BCUT2D eigenvalue weighted by molar-refractivity contribution is 7.91. The van der Waals surface area contributed by atoms with Crippen molar-refractivity contribution in [3.05, 3.63) is 24.3 Å². The van der Waals surface area contributed by atoms with Crippen LogP contribution in [0.4, 0.5) is 5.69 Å². The lowest BCUT2D eigenvalue weighted by molar-refractivity contribution is 0.368. The van der Waals surface area contributed by atoms with Gasteiger partial charge in [-0.15, -0.1) is 0 Å². The van der Waals surface area contributed by atoms with Crippen molar-refractivity contribution in [2.24, 2.45) is 0 Å². The number of nitrogens with one attached hydrogen (secondary N) is 1. The summed E-state index contributed by atoms with van der Waals surface area (Å²) in [7, 11) is -2.90. The first-order valence-electron chi connectivity index (χ1n) is 6.16. The van der Waals surface area contributed by atoms with Gasteiger partial charge in [-0.05, 0) is 37.1 Å². The molecule has 0 spiro atoms. The van der Waals surface area contributed by atoms with Crippen LogP contribution in [0.5, 0.6) is 5.75 Å². The van der Waals surface area contributed by atoms with Crippen molar-refractivity contribution in [2.75, 3.05) is 23.4 Å². The molecule has 1 unspecified atom stereocenters. The molecule has 0 radical (unpaired) electrons. The second-order valence-electron chi connectivity index (χ2n) is 4.57. The summed E-state index contributed by atoms with van der Waals surface area (Å²) in [5, 5.41) is 11.6. The van der Waals surface area contributed by atoms with Gasteiger partial charge in [0.1, 0.15) is 11.8 Å². The summed E-state index contributed by atoms with van der Waals surface area (Å²) in [6.45, 7) is 0.0215. The second kappa shape index (κ2) is 5.93. The molecule has 2 rings (SSSR count). The molecular formula is C13H16N2O3S. The van der Waals surface area contributed by atoms with E-state index in [1.54, 1.807) is 12.1 Å². The summed E-state index contributed by atoms with van der Waals surface area (Å²) in [6.07, 6.45) is 1.58. The summed E-state index contributed by atoms with van der Waals surface area (Å²) in [5.74, 6) is 1.12. The van der Waals surface area contributed by atoms with Crippen molar-refractivity contribution in [1.82, 2.24) is 0 Å². The molecule has 1 atom stereocenters. The molecule has 1 saturated heterocycles. The van der Waals surface area contributed by atoms with Gasteiger partial charge in [0.2, 0.25) is 0 Å². The van der Waals surface area contributed by atoms with E-state index in [2.05, 4.69) is 5.32 Å². The van der Waals surface area contributed by atoms with Crippen LogP contribution in [0.3, 0.4) is 0 Å². The zero-order valence-corrected chi connectivity index (χ0v) is 11.3. The summed E-state index contributed by atoms with van der Waals surface area (Å²) in [4.78, 5) is 0. The van der Waals surface area contributed by atoms with Gasteiger partial charge in [-0.3, -0.25) is 0 Å². The van der Waals surface area contributed by atoms with Crippen molar-refractivity contribution in [1.29, 1.82) is 5.26 Å². The van der Waals surface area contributed by atoms with E-state index < -0.39 is 9.84 Å². The highest BCUT2D eigenvalue weighted by atomic mass is 32.2. The van der Waals surface area contributed by atoms with Gasteiger partial charge >= 0.3 is 0 Å². The molecule has 1 heterocycles. The van der Waals surface area contributed by atoms with Crippen LogP contribution in [0.15, 0.2) is 24.3 Å². The van der Waals surface area contributed by atoms with Crippen molar-refractivity contribution >= 4 is 15.5 Å². The number of nitriles is 1. The van der Waals surface area contributed by atoms with Crippen LogP contribution in [0.2, 0.25) is 0 Å². The fourth-order valence-corrected chi connectivity index (χ4v) is 3.77. The number of benzene rings is 1. The molecule has 1 fully saturated rings. The number of rotatable bonds is 4. The van der Waals surface area contributed by atoms with Crippen molar-refractivity contribution in [3.8, 4) is 11.8 Å². The van der Waals surface area contributed by atoms with Gasteiger partial charge in [-0.2, -0.15) is 5.26 Å². The molecule has 1 aromatic carbocycles. The number of nitrogens with zero attached hydrogens (tertiary/aromatic N) is 1. The third-order valence-corrected chi connectivity index (χ3v) is 4.81. The Kier molecular flexibility index (Phi) is 4.27. The molecule has 1 aromatic rings. The molecule has 0 amide bonds. The van der Waals surface area contributed by atoms with Crippen molar-refractivity contribution < 1.29 is 13.2 Å². The van der Waals surface area contributed by atoms with E-state index in [-0.39, 0.29) is 18.4 Å². The maximum Gasteiger partial charge on any atom is 0.174 e. The van der Waals surface area contributed by atoms with E-state index in [9.17, 15) is 8.42 Å². The third kappa shape index (κ3) is 4.14. The van der Waals surface area contributed by atoms with E-state index in [1.165, 1.54) is 0 Å². The van der Waals surface area contributed by atoms with Crippen LogP contribution in [0.1, 0.15) is 12.8 Å². The zero-order chi connectivity index (χ0) is 13.7.